The third kappa shape index (κ3) is 2.81. The lowest BCUT2D eigenvalue weighted by Crippen LogP contribution is -2.37. The van der Waals surface area contributed by atoms with E-state index in [9.17, 15) is 18.4 Å². The van der Waals surface area contributed by atoms with E-state index in [0.717, 1.165) is 4.57 Å². The van der Waals surface area contributed by atoms with Crippen LogP contribution in [-0.2, 0) is 7.05 Å². The van der Waals surface area contributed by atoms with Crippen LogP contribution in [0.15, 0.2) is 39.9 Å². The van der Waals surface area contributed by atoms with Gasteiger partial charge in [-0.2, -0.15) is 0 Å². The van der Waals surface area contributed by atoms with Crippen LogP contribution in [0, 0.1) is 11.6 Å². The van der Waals surface area contributed by atoms with Crippen LogP contribution in [0.5, 0.6) is 0 Å². The molecule has 0 radical (unpaired) electrons. The number of rotatable bonds is 2. The lowest BCUT2D eigenvalue weighted by Gasteiger charge is -2.28. The molecular formula is C16H15F2N3O2. The van der Waals surface area contributed by atoms with E-state index in [0.29, 0.717) is 30.9 Å². The molecule has 0 atom stereocenters. The Morgan fingerprint density at radius 2 is 1.87 bits per heavy atom. The zero-order valence-electron chi connectivity index (χ0n) is 12.5. The molecule has 0 saturated heterocycles. The minimum Gasteiger partial charge on any atom is -0.354 e. The maximum absolute atomic E-state index is 13.8. The number of benzene rings is 1. The van der Waals surface area contributed by atoms with Crippen molar-refractivity contribution in [3.63, 3.8) is 0 Å². The lowest BCUT2D eigenvalue weighted by atomic mass is 9.98. The van der Waals surface area contributed by atoms with Gasteiger partial charge in [0.2, 0.25) is 0 Å². The summed E-state index contributed by atoms with van der Waals surface area (Å²) in [6.07, 6.45) is 2.12. The largest absolute Gasteiger partial charge is 0.354 e. The first-order valence-electron chi connectivity index (χ1n) is 7.16. The molecule has 23 heavy (non-hydrogen) atoms. The molecule has 0 saturated carbocycles. The van der Waals surface area contributed by atoms with Crippen LogP contribution in [0.1, 0.15) is 12.0 Å². The van der Waals surface area contributed by atoms with Crippen molar-refractivity contribution < 1.29 is 8.78 Å². The van der Waals surface area contributed by atoms with Crippen molar-refractivity contribution in [2.75, 3.05) is 18.0 Å². The summed E-state index contributed by atoms with van der Waals surface area (Å²) in [7, 11) is 1.39. The molecule has 5 nitrogen and oxygen atoms in total. The Balaban J connectivity index is 1.89. The summed E-state index contributed by atoms with van der Waals surface area (Å²) in [4.78, 5) is 27.7. The Bertz CT molecular complexity index is 847. The van der Waals surface area contributed by atoms with Crippen molar-refractivity contribution in [1.82, 2.24) is 9.55 Å². The number of aromatic nitrogens is 2. The van der Waals surface area contributed by atoms with Crippen molar-refractivity contribution in [2.24, 2.45) is 7.05 Å². The predicted octanol–water partition coefficient (Wildman–Crippen LogP) is 1.65. The summed E-state index contributed by atoms with van der Waals surface area (Å²) in [5.74, 6) is -0.777. The second kappa shape index (κ2) is 5.83. The van der Waals surface area contributed by atoms with Gasteiger partial charge in [0.25, 0.3) is 5.56 Å². The lowest BCUT2D eigenvalue weighted by molar-refractivity contribution is 0.574. The Morgan fingerprint density at radius 3 is 2.43 bits per heavy atom. The molecule has 7 heteroatoms. The number of hydrogen-bond donors (Lipinski definition) is 1. The Kier molecular flexibility index (Phi) is 3.85. The highest BCUT2D eigenvalue weighted by atomic mass is 19.1. The third-order valence-electron chi connectivity index (χ3n) is 3.96. The molecule has 120 valence electrons. The highest BCUT2D eigenvalue weighted by Gasteiger charge is 2.19. The fourth-order valence-electron chi connectivity index (χ4n) is 2.63. The molecule has 1 aliphatic rings. The SMILES string of the molecule is Cn1c(=O)cc(N2CC=C(c3c(F)cccc3F)CC2)[nH]c1=O. The highest BCUT2D eigenvalue weighted by molar-refractivity contribution is 5.69. The van der Waals surface area contributed by atoms with Crippen molar-refractivity contribution >= 4 is 11.4 Å². The van der Waals surface area contributed by atoms with Crippen LogP contribution < -0.4 is 16.1 Å². The summed E-state index contributed by atoms with van der Waals surface area (Å²) in [6, 6.07) is 5.12. The molecule has 0 aliphatic carbocycles. The number of halogens is 2. The van der Waals surface area contributed by atoms with Crippen molar-refractivity contribution in [1.29, 1.82) is 0 Å². The second-order valence-corrected chi connectivity index (χ2v) is 5.38. The van der Waals surface area contributed by atoms with E-state index < -0.39 is 22.9 Å². The normalized spacial score (nSPS) is 14.7. The van der Waals surface area contributed by atoms with Crippen LogP contribution in [0.3, 0.4) is 0 Å². The molecule has 1 aliphatic heterocycles. The molecule has 3 rings (SSSR count). The fourth-order valence-corrected chi connectivity index (χ4v) is 2.63. The molecule has 1 aromatic heterocycles. The Hall–Kier alpha value is -2.70. The molecule has 0 amide bonds. The minimum absolute atomic E-state index is 0.00961. The van der Waals surface area contributed by atoms with E-state index in [2.05, 4.69) is 4.98 Å². The topological polar surface area (TPSA) is 58.1 Å². The molecule has 1 aromatic carbocycles. The van der Waals surface area contributed by atoms with Gasteiger partial charge < -0.3 is 4.90 Å². The number of hydrogen-bond acceptors (Lipinski definition) is 3. The fraction of sp³-hybridized carbons (Fsp3) is 0.250. The Morgan fingerprint density at radius 1 is 1.17 bits per heavy atom. The van der Waals surface area contributed by atoms with E-state index in [1.54, 1.807) is 11.0 Å². The molecule has 0 fully saturated rings. The van der Waals surface area contributed by atoms with Gasteiger partial charge in [0, 0.05) is 31.8 Å². The predicted molar refractivity (Wildman–Crippen MR) is 83.5 cm³/mol. The van der Waals surface area contributed by atoms with E-state index in [-0.39, 0.29) is 5.56 Å². The molecule has 2 aromatic rings. The molecule has 1 N–H and O–H groups in total. The van der Waals surface area contributed by atoms with Gasteiger partial charge in [-0.15, -0.1) is 0 Å². The summed E-state index contributed by atoms with van der Waals surface area (Å²) >= 11 is 0. The number of nitrogens with zero attached hydrogens (tertiary/aromatic N) is 2. The van der Waals surface area contributed by atoms with Gasteiger partial charge in [-0.25, -0.2) is 13.6 Å². The van der Waals surface area contributed by atoms with E-state index in [4.69, 9.17) is 0 Å². The van der Waals surface area contributed by atoms with Gasteiger partial charge in [-0.05, 0) is 24.1 Å². The van der Waals surface area contributed by atoms with Crippen LogP contribution in [0.4, 0.5) is 14.6 Å². The highest BCUT2D eigenvalue weighted by Crippen LogP contribution is 2.28. The third-order valence-corrected chi connectivity index (χ3v) is 3.96. The van der Waals surface area contributed by atoms with Gasteiger partial charge in [-0.3, -0.25) is 14.3 Å². The average Bonchev–Trinajstić information content (AvgIpc) is 2.52. The van der Waals surface area contributed by atoms with Crippen LogP contribution in [0.25, 0.3) is 5.57 Å². The second-order valence-electron chi connectivity index (χ2n) is 5.38. The molecule has 0 spiro atoms. The van der Waals surface area contributed by atoms with Crippen LogP contribution >= 0.6 is 0 Å². The first kappa shape index (κ1) is 15.2. The van der Waals surface area contributed by atoms with E-state index >= 15 is 0 Å². The number of nitrogens with one attached hydrogen (secondary N) is 1. The monoisotopic (exact) mass is 319 g/mol. The van der Waals surface area contributed by atoms with E-state index in [1.807, 2.05) is 0 Å². The van der Waals surface area contributed by atoms with Crippen molar-refractivity contribution in [3.8, 4) is 0 Å². The summed E-state index contributed by atoms with van der Waals surface area (Å²) in [5, 5.41) is 0. The number of H-pyrrole nitrogens is 1. The number of anilines is 1. The summed E-state index contributed by atoms with van der Waals surface area (Å²) in [6.45, 7) is 0.801. The van der Waals surface area contributed by atoms with Gasteiger partial charge in [0.1, 0.15) is 17.5 Å². The maximum Gasteiger partial charge on any atom is 0.329 e. The standard InChI is InChI=1S/C16H15F2N3O2/c1-20-14(22)9-13(19-16(20)23)21-7-5-10(6-8-21)15-11(17)3-2-4-12(15)18/h2-5,9H,6-8H2,1H3,(H,19,23). The van der Waals surface area contributed by atoms with Gasteiger partial charge in [0.15, 0.2) is 0 Å². The first-order valence-corrected chi connectivity index (χ1v) is 7.16. The van der Waals surface area contributed by atoms with E-state index in [1.165, 1.54) is 31.3 Å². The average molecular weight is 319 g/mol. The Labute approximate surface area is 130 Å². The number of aromatic amines is 1. The quantitative estimate of drug-likeness (QED) is 0.915. The zero-order chi connectivity index (χ0) is 16.6. The molecule has 0 bridgehead atoms. The van der Waals surface area contributed by atoms with Gasteiger partial charge in [0.05, 0.1) is 0 Å². The maximum atomic E-state index is 13.8. The van der Waals surface area contributed by atoms with Gasteiger partial charge in [-0.1, -0.05) is 12.1 Å². The molecule has 2 heterocycles. The molecule has 0 unspecified atom stereocenters. The zero-order valence-corrected chi connectivity index (χ0v) is 12.5. The van der Waals surface area contributed by atoms with Crippen molar-refractivity contribution in [2.45, 2.75) is 6.42 Å². The van der Waals surface area contributed by atoms with Gasteiger partial charge >= 0.3 is 5.69 Å². The summed E-state index contributed by atoms with van der Waals surface area (Å²) in [5.41, 5.74) is -0.325. The van der Waals surface area contributed by atoms with Crippen LogP contribution in [0.2, 0.25) is 0 Å². The van der Waals surface area contributed by atoms with Crippen molar-refractivity contribution in [3.05, 3.63) is 68.4 Å². The smallest absolute Gasteiger partial charge is 0.329 e. The summed E-state index contributed by atoms with van der Waals surface area (Å²) < 4.78 is 28.6. The molecular weight excluding hydrogens is 304 g/mol. The first-order chi connectivity index (χ1) is 11.0. The van der Waals surface area contributed by atoms with Crippen LogP contribution in [-0.4, -0.2) is 22.6 Å². The minimum atomic E-state index is -0.591.